The zero-order valence-corrected chi connectivity index (χ0v) is 10.6. The van der Waals surface area contributed by atoms with Gasteiger partial charge in [-0.1, -0.05) is 0 Å². The molecule has 0 fully saturated rings. The first-order valence-electron chi connectivity index (χ1n) is 5.78. The third kappa shape index (κ3) is 10.7. The number of rotatable bonds is 9. The first kappa shape index (κ1) is 16.9. The van der Waals surface area contributed by atoms with E-state index in [4.69, 9.17) is 12.2 Å². The summed E-state index contributed by atoms with van der Waals surface area (Å²) in [5.74, 6) is 1.18. The number of unbranched alkanes of at least 4 members (excludes halogenated alkanes) is 1. The molecule has 0 heterocycles. The van der Waals surface area contributed by atoms with Crippen molar-refractivity contribution in [3.63, 3.8) is 0 Å². The average Bonchev–Trinajstić information content (AvgIpc) is 2.42. The topological polar surface area (TPSA) is 125 Å². The maximum absolute atomic E-state index is 11.2. The molecule has 3 amide bonds. The molecule has 0 atom stereocenters. The molecule has 0 saturated heterocycles. The molecular weight excluding hydrogens is 250 g/mol. The molecule has 0 radical (unpaired) electrons. The van der Waals surface area contributed by atoms with Crippen molar-refractivity contribution in [2.24, 2.45) is 5.73 Å². The molecule has 6 N–H and O–H groups in total. The molecule has 0 aliphatic heterocycles. The van der Waals surface area contributed by atoms with Crippen LogP contribution in [0.5, 0.6) is 0 Å². The number of amides is 3. The Morgan fingerprint density at radius 2 is 1.68 bits per heavy atom. The van der Waals surface area contributed by atoms with Gasteiger partial charge in [0, 0.05) is 13.0 Å². The Labute approximate surface area is 111 Å². The van der Waals surface area contributed by atoms with Crippen molar-refractivity contribution < 1.29 is 14.4 Å². The molecule has 106 valence electrons. The maximum Gasteiger partial charge on any atom is 0.253 e. The Morgan fingerprint density at radius 1 is 1.05 bits per heavy atom. The van der Waals surface area contributed by atoms with Crippen LogP contribution in [-0.4, -0.2) is 43.9 Å². The summed E-state index contributed by atoms with van der Waals surface area (Å²) in [6.07, 6.45) is 6.43. The molecule has 0 aliphatic rings. The van der Waals surface area contributed by atoms with E-state index < -0.39 is 11.8 Å². The lowest BCUT2D eigenvalue weighted by atomic mass is 10.3. The van der Waals surface area contributed by atoms with E-state index in [0.717, 1.165) is 6.42 Å². The Morgan fingerprint density at radius 3 is 2.32 bits per heavy atom. The Balaban J connectivity index is 3.53. The van der Waals surface area contributed by atoms with Crippen LogP contribution in [0.2, 0.25) is 0 Å². The van der Waals surface area contributed by atoms with Gasteiger partial charge in [-0.25, -0.2) is 5.43 Å². The lowest BCUT2D eigenvalue weighted by molar-refractivity contribution is -0.127. The average molecular weight is 269 g/mol. The van der Waals surface area contributed by atoms with Crippen molar-refractivity contribution in [2.45, 2.75) is 12.8 Å². The number of carbonyl (C=O) groups is 3. The zero-order chi connectivity index (χ0) is 14.5. The molecule has 0 bridgehead atoms. The molecule has 0 unspecified atom stereocenters. The summed E-state index contributed by atoms with van der Waals surface area (Å²) < 4.78 is 0. The molecule has 19 heavy (non-hydrogen) atoms. The minimum atomic E-state index is -0.468. The van der Waals surface area contributed by atoms with Crippen molar-refractivity contribution in [3.8, 4) is 12.3 Å². The van der Waals surface area contributed by atoms with E-state index in [9.17, 15) is 14.4 Å². The van der Waals surface area contributed by atoms with Gasteiger partial charge in [-0.15, -0.1) is 12.3 Å². The van der Waals surface area contributed by atoms with Crippen LogP contribution in [-0.2, 0) is 14.4 Å². The second-order valence-corrected chi connectivity index (χ2v) is 3.54. The van der Waals surface area contributed by atoms with Crippen LogP contribution in [0.15, 0.2) is 0 Å². The fourth-order valence-electron chi connectivity index (χ4n) is 0.977. The van der Waals surface area contributed by atoms with Gasteiger partial charge in [0.25, 0.3) is 5.91 Å². The summed E-state index contributed by atoms with van der Waals surface area (Å²) in [5, 5.41) is 4.62. The van der Waals surface area contributed by atoms with Gasteiger partial charge in [-0.05, 0) is 6.42 Å². The van der Waals surface area contributed by atoms with Gasteiger partial charge in [-0.2, -0.15) is 0 Å². The molecule has 0 rings (SSSR count). The van der Waals surface area contributed by atoms with Crippen LogP contribution in [0, 0.1) is 12.3 Å². The van der Waals surface area contributed by atoms with Gasteiger partial charge in [-0.3, -0.25) is 19.8 Å². The number of nitrogens with two attached hydrogens (primary N) is 1. The first-order valence-corrected chi connectivity index (χ1v) is 5.78. The smallest absolute Gasteiger partial charge is 0.253 e. The molecule has 0 saturated carbocycles. The van der Waals surface area contributed by atoms with E-state index in [1.165, 1.54) is 0 Å². The van der Waals surface area contributed by atoms with E-state index >= 15 is 0 Å². The van der Waals surface area contributed by atoms with Gasteiger partial charge in [0.1, 0.15) is 0 Å². The number of hydrogen-bond donors (Lipinski definition) is 5. The van der Waals surface area contributed by atoms with E-state index in [0.29, 0.717) is 13.0 Å². The highest BCUT2D eigenvalue weighted by atomic mass is 16.2. The van der Waals surface area contributed by atoms with Crippen molar-refractivity contribution in [1.29, 1.82) is 0 Å². The SMILES string of the molecule is C#CCCCNNC(=O)CNC(=O)CNC(=O)CN. The number of carbonyl (C=O) groups excluding carboxylic acids is 3. The van der Waals surface area contributed by atoms with Crippen molar-refractivity contribution >= 4 is 17.7 Å². The molecule has 8 nitrogen and oxygen atoms in total. The van der Waals surface area contributed by atoms with Crippen molar-refractivity contribution in [2.75, 3.05) is 26.2 Å². The van der Waals surface area contributed by atoms with Gasteiger partial charge in [0.2, 0.25) is 11.8 Å². The van der Waals surface area contributed by atoms with Gasteiger partial charge >= 0.3 is 0 Å². The predicted octanol–water partition coefficient (Wildman–Crippen LogP) is -2.79. The summed E-state index contributed by atoms with van der Waals surface area (Å²) in [5.41, 5.74) is 10.1. The highest BCUT2D eigenvalue weighted by molar-refractivity contribution is 5.88. The molecule has 0 aliphatic carbocycles. The van der Waals surface area contributed by atoms with Crippen LogP contribution in [0.4, 0.5) is 0 Å². The van der Waals surface area contributed by atoms with Crippen LogP contribution in [0.3, 0.4) is 0 Å². The number of hydrogen-bond acceptors (Lipinski definition) is 5. The van der Waals surface area contributed by atoms with Gasteiger partial charge in [0.15, 0.2) is 0 Å². The second kappa shape index (κ2) is 11.0. The highest BCUT2D eigenvalue weighted by Gasteiger charge is 2.06. The van der Waals surface area contributed by atoms with Gasteiger partial charge < -0.3 is 16.4 Å². The number of hydrazine groups is 1. The van der Waals surface area contributed by atoms with Gasteiger partial charge in [0.05, 0.1) is 19.6 Å². The van der Waals surface area contributed by atoms with Crippen LogP contribution in [0.25, 0.3) is 0 Å². The van der Waals surface area contributed by atoms with E-state index in [1.807, 2.05) is 0 Å². The first-order chi connectivity index (χ1) is 9.10. The fourth-order valence-corrected chi connectivity index (χ4v) is 0.977. The van der Waals surface area contributed by atoms with Crippen LogP contribution >= 0.6 is 0 Å². The minimum absolute atomic E-state index is 0.181. The van der Waals surface area contributed by atoms with Crippen molar-refractivity contribution in [1.82, 2.24) is 21.5 Å². The summed E-state index contributed by atoms with van der Waals surface area (Å²) >= 11 is 0. The minimum Gasteiger partial charge on any atom is -0.346 e. The predicted molar refractivity (Wildman–Crippen MR) is 69.3 cm³/mol. The molecule has 8 heteroatoms. The Hall–Kier alpha value is -2.11. The van der Waals surface area contributed by atoms with E-state index in [2.05, 4.69) is 27.4 Å². The third-order valence-corrected chi connectivity index (χ3v) is 1.93. The highest BCUT2D eigenvalue weighted by Crippen LogP contribution is 1.80. The monoisotopic (exact) mass is 269 g/mol. The largest absolute Gasteiger partial charge is 0.346 e. The zero-order valence-electron chi connectivity index (χ0n) is 10.6. The summed E-state index contributed by atoms with van der Waals surface area (Å²) in [6, 6.07) is 0. The number of terminal acetylenes is 1. The second-order valence-electron chi connectivity index (χ2n) is 3.54. The molecule has 0 spiro atoms. The quantitative estimate of drug-likeness (QED) is 0.176. The molecule has 0 aromatic carbocycles. The van der Waals surface area contributed by atoms with Crippen LogP contribution < -0.4 is 27.2 Å². The summed E-state index contributed by atoms with van der Waals surface area (Å²) in [7, 11) is 0. The standard InChI is InChI=1S/C11H19N5O3/c1-2-3-4-5-15-16-11(19)8-14-10(18)7-13-9(17)6-12/h1,15H,3-8,12H2,(H,13,17)(H,14,18)(H,16,19). The fraction of sp³-hybridized carbons (Fsp3) is 0.545. The van der Waals surface area contributed by atoms with E-state index in [-0.39, 0.29) is 25.5 Å². The van der Waals surface area contributed by atoms with Crippen molar-refractivity contribution in [3.05, 3.63) is 0 Å². The Kier molecular flexibility index (Phi) is 9.79. The lowest BCUT2D eigenvalue weighted by Gasteiger charge is -2.08. The molecule has 0 aromatic heterocycles. The maximum atomic E-state index is 11.2. The van der Waals surface area contributed by atoms with E-state index in [1.54, 1.807) is 0 Å². The number of nitrogens with one attached hydrogen (secondary N) is 4. The Bertz CT molecular complexity index is 351. The lowest BCUT2D eigenvalue weighted by Crippen LogP contribution is -2.46. The third-order valence-electron chi connectivity index (χ3n) is 1.93. The summed E-state index contributed by atoms with van der Waals surface area (Å²) in [4.78, 5) is 33.2. The molecule has 0 aromatic rings. The summed E-state index contributed by atoms with van der Waals surface area (Å²) in [6.45, 7) is -0.0236. The normalized spacial score (nSPS) is 9.26. The van der Waals surface area contributed by atoms with Crippen LogP contribution in [0.1, 0.15) is 12.8 Å². The molecular formula is C11H19N5O3.